The second-order valence-corrected chi connectivity index (χ2v) is 6.00. The van der Waals surface area contributed by atoms with Gasteiger partial charge < -0.3 is 9.94 Å². The molecule has 1 N–H and O–H groups in total. The van der Waals surface area contributed by atoms with Crippen molar-refractivity contribution in [1.29, 1.82) is 0 Å². The molecule has 9 heteroatoms. The molecule has 0 aliphatic heterocycles. The van der Waals surface area contributed by atoms with Crippen molar-refractivity contribution in [3.63, 3.8) is 0 Å². The summed E-state index contributed by atoms with van der Waals surface area (Å²) in [5, 5.41) is 21.1. The summed E-state index contributed by atoms with van der Waals surface area (Å²) in [5.74, 6) is -0.850. The Morgan fingerprint density at radius 2 is 2.08 bits per heavy atom. The van der Waals surface area contributed by atoms with Crippen LogP contribution in [0.25, 0.3) is 11.0 Å². The van der Waals surface area contributed by atoms with Gasteiger partial charge in [0.1, 0.15) is 11.0 Å². The second-order valence-electron chi connectivity index (χ2n) is 6.00. The highest BCUT2D eigenvalue weighted by Gasteiger charge is 2.23. The van der Waals surface area contributed by atoms with Gasteiger partial charge in [0.2, 0.25) is 0 Å². The van der Waals surface area contributed by atoms with Crippen molar-refractivity contribution in [1.82, 2.24) is 24.9 Å². The van der Waals surface area contributed by atoms with Gasteiger partial charge in [-0.1, -0.05) is 30.8 Å². The zero-order chi connectivity index (χ0) is 18.0. The number of hydrogen-bond donors (Lipinski definition) is 1. The molecule has 0 fully saturated rings. The summed E-state index contributed by atoms with van der Waals surface area (Å²) in [6, 6.07) is 7.35. The van der Waals surface area contributed by atoms with E-state index in [0.717, 1.165) is 4.68 Å². The van der Waals surface area contributed by atoms with Gasteiger partial charge in [0, 0.05) is 0 Å². The van der Waals surface area contributed by atoms with Crippen LogP contribution in [0.3, 0.4) is 0 Å². The molecule has 1 aromatic carbocycles. The summed E-state index contributed by atoms with van der Waals surface area (Å²) in [6.45, 7) is 3.77. The van der Waals surface area contributed by atoms with E-state index in [4.69, 9.17) is 4.84 Å². The molecule has 130 valence electrons. The Balaban J connectivity index is 1.89. The number of aliphatic carboxylic acids is 1. The first-order valence-electron chi connectivity index (χ1n) is 7.76. The molecule has 9 nitrogen and oxygen atoms in total. The molecule has 1 unspecified atom stereocenters. The summed E-state index contributed by atoms with van der Waals surface area (Å²) in [4.78, 5) is 30.4. The van der Waals surface area contributed by atoms with Gasteiger partial charge in [-0.15, -0.1) is 5.10 Å². The highest BCUT2D eigenvalue weighted by Crippen LogP contribution is 2.17. The third-order valence-electron chi connectivity index (χ3n) is 3.59. The molecule has 0 bridgehead atoms. The van der Waals surface area contributed by atoms with E-state index < -0.39 is 17.6 Å². The average Bonchev–Trinajstić information content (AvgIpc) is 2.96. The van der Waals surface area contributed by atoms with Crippen LogP contribution in [-0.4, -0.2) is 36.0 Å². The number of nitrogens with zero attached hydrogens (tertiary/aromatic N) is 5. The van der Waals surface area contributed by atoms with Gasteiger partial charge in [-0.3, -0.25) is 4.79 Å². The Morgan fingerprint density at radius 3 is 2.76 bits per heavy atom. The molecular weight excluding hydrogens is 326 g/mol. The van der Waals surface area contributed by atoms with E-state index in [1.54, 1.807) is 12.1 Å². The van der Waals surface area contributed by atoms with Crippen molar-refractivity contribution in [2.75, 3.05) is 0 Å². The Morgan fingerprint density at radius 1 is 1.32 bits per heavy atom. The normalized spacial score (nSPS) is 12.4. The summed E-state index contributed by atoms with van der Waals surface area (Å²) in [5.41, 5.74) is 0.719. The number of hydrogen-bond acceptors (Lipinski definition) is 6. The molecule has 3 aromatic rings. The predicted octanol–water partition coefficient (Wildman–Crippen LogP) is 1.50. The molecular formula is C16H17N5O4. The zero-order valence-electron chi connectivity index (χ0n) is 13.7. The maximum Gasteiger partial charge on any atom is 0.328 e. The van der Waals surface area contributed by atoms with Gasteiger partial charge in [0.25, 0.3) is 5.56 Å². The number of para-hydroxylation sites is 1. The van der Waals surface area contributed by atoms with Gasteiger partial charge in [-0.2, -0.15) is 5.10 Å². The first kappa shape index (κ1) is 16.6. The van der Waals surface area contributed by atoms with Gasteiger partial charge in [-0.25, -0.2) is 9.48 Å². The minimum atomic E-state index is -1.10. The van der Waals surface area contributed by atoms with Gasteiger partial charge in [0.05, 0.1) is 12.3 Å². The largest absolute Gasteiger partial charge is 0.480 e. The Kier molecular flexibility index (Phi) is 4.46. The summed E-state index contributed by atoms with van der Waals surface area (Å²) in [7, 11) is 0. The minimum Gasteiger partial charge on any atom is -0.480 e. The van der Waals surface area contributed by atoms with Crippen LogP contribution in [0.5, 0.6) is 5.75 Å². The number of rotatable bonds is 6. The number of carbonyl (C=O) groups is 1. The van der Waals surface area contributed by atoms with Crippen molar-refractivity contribution >= 4 is 17.0 Å². The van der Waals surface area contributed by atoms with Crippen LogP contribution in [0.15, 0.2) is 41.3 Å². The van der Waals surface area contributed by atoms with Crippen molar-refractivity contribution in [3.8, 4) is 5.75 Å². The fraction of sp³-hybridized carbons (Fsp3) is 0.312. The van der Waals surface area contributed by atoms with Gasteiger partial charge in [0.15, 0.2) is 11.8 Å². The Bertz CT molecular complexity index is 962. The third-order valence-corrected chi connectivity index (χ3v) is 3.59. The van der Waals surface area contributed by atoms with Crippen LogP contribution in [0.4, 0.5) is 0 Å². The van der Waals surface area contributed by atoms with E-state index in [-0.39, 0.29) is 11.7 Å². The SMILES string of the molecule is CC(C)CC(C(=O)O)n1ncc(On2nnc3ccccc32)cc1=O. The fourth-order valence-corrected chi connectivity index (χ4v) is 2.45. The second kappa shape index (κ2) is 6.71. The molecule has 0 radical (unpaired) electrons. The Hall–Kier alpha value is -3.23. The fourth-order valence-electron chi connectivity index (χ4n) is 2.45. The van der Waals surface area contributed by atoms with Crippen molar-refractivity contribution in [3.05, 3.63) is 46.9 Å². The van der Waals surface area contributed by atoms with Crippen LogP contribution >= 0.6 is 0 Å². The first-order valence-corrected chi connectivity index (χ1v) is 7.76. The highest BCUT2D eigenvalue weighted by molar-refractivity contribution is 5.73. The summed E-state index contributed by atoms with van der Waals surface area (Å²) < 4.78 is 0.953. The minimum absolute atomic E-state index is 0.104. The molecule has 2 aromatic heterocycles. The summed E-state index contributed by atoms with van der Waals surface area (Å²) >= 11 is 0. The maximum absolute atomic E-state index is 12.3. The number of aromatic nitrogens is 5. The maximum atomic E-state index is 12.3. The average molecular weight is 343 g/mol. The molecule has 25 heavy (non-hydrogen) atoms. The molecule has 1 atom stereocenters. The lowest BCUT2D eigenvalue weighted by Crippen LogP contribution is -2.32. The topological polar surface area (TPSA) is 112 Å². The lowest BCUT2D eigenvalue weighted by molar-refractivity contribution is -0.141. The van der Waals surface area contributed by atoms with Crippen LogP contribution in [-0.2, 0) is 4.79 Å². The van der Waals surface area contributed by atoms with Gasteiger partial charge >= 0.3 is 5.97 Å². The molecule has 0 saturated carbocycles. The van der Waals surface area contributed by atoms with Crippen molar-refractivity contribution < 1.29 is 14.7 Å². The van der Waals surface area contributed by atoms with E-state index >= 15 is 0 Å². The van der Waals surface area contributed by atoms with E-state index in [1.807, 2.05) is 26.0 Å². The molecule has 0 amide bonds. The van der Waals surface area contributed by atoms with Gasteiger partial charge in [-0.05, 0) is 29.7 Å². The van der Waals surface area contributed by atoms with E-state index in [2.05, 4.69) is 15.4 Å². The Labute approximate surface area is 142 Å². The standard InChI is InChI=1S/C16H17N5O4/c1-10(2)7-14(16(23)24)20-15(22)8-11(9-17-20)25-21-13-6-4-3-5-12(13)18-19-21/h3-6,8-10,14H,7H2,1-2H3,(H,23,24). The van der Waals surface area contributed by atoms with E-state index in [0.29, 0.717) is 17.5 Å². The molecule has 3 rings (SSSR count). The first-order chi connectivity index (χ1) is 12.0. The lowest BCUT2D eigenvalue weighted by atomic mass is 10.0. The van der Waals surface area contributed by atoms with Crippen LogP contribution in [0.1, 0.15) is 26.3 Å². The molecule has 0 aliphatic carbocycles. The molecule has 0 spiro atoms. The highest BCUT2D eigenvalue weighted by atomic mass is 16.7. The number of benzene rings is 1. The summed E-state index contributed by atoms with van der Waals surface area (Å²) in [6.07, 6.45) is 1.59. The van der Waals surface area contributed by atoms with Crippen LogP contribution in [0, 0.1) is 5.92 Å². The monoisotopic (exact) mass is 343 g/mol. The van der Waals surface area contributed by atoms with E-state index in [9.17, 15) is 14.7 Å². The number of fused-ring (bicyclic) bond motifs is 1. The van der Waals surface area contributed by atoms with Crippen molar-refractivity contribution in [2.45, 2.75) is 26.3 Å². The third kappa shape index (κ3) is 3.49. The smallest absolute Gasteiger partial charge is 0.328 e. The van der Waals surface area contributed by atoms with Crippen LogP contribution in [0.2, 0.25) is 0 Å². The zero-order valence-corrected chi connectivity index (χ0v) is 13.7. The molecule has 0 saturated heterocycles. The molecule has 0 aliphatic rings. The van der Waals surface area contributed by atoms with Crippen LogP contribution < -0.4 is 10.4 Å². The number of carboxylic acids is 1. The quantitative estimate of drug-likeness (QED) is 0.721. The number of carboxylic acid groups (broad SMARTS) is 1. The van der Waals surface area contributed by atoms with E-state index in [1.165, 1.54) is 17.1 Å². The predicted molar refractivity (Wildman–Crippen MR) is 88.2 cm³/mol. The van der Waals surface area contributed by atoms with Crippen molar-refractivity contribution in [2.24, 2.45) is 5.92 Å². The molecule has 2 heterocycles. The lowest BCUT2D eigenvalue weighted by Gasteiger charge is -2.16.